The second-order valence-electron chi connectivity index (χ2n) is 5.19. The van der Waals surface area contributed by atoms with Crippen LogP contribution in [0.4, 0.5) is 0 Å². The van der Waals surface area contributed by atoms with Crippen LogP contribution in [0.15, 0.2) is 24.3 Å². The number of amides is 1. The quantitative estimate of drug-likeness (QED) is 0.741. The SMILES string of the molecule is COC[C@@H](C)NC(=O)COC(=O)c1ccc(OC(C)C)cc1. The van der Waals surface area contributed by atoms with Crippen molar-refractivity contribution in [3.8, 4) is 5.75 Å². The van der Waals surface area contributed by atoms with Gasteiger partial charge in [0, 0.05) is 13.2 Å². The average molecular weight is 309 g/mol. The van der Waals surface area contributed by atoms with Crippen LogP contribution in [0.3, 0.4) is 0 Å². The zero-order valence-corrected chi connectivity index (χ0v) is 13.4. The van der Waals surface area contributed by atoms with Gasteiger partial charge in [0.15, 0.2) is 6.61 Å². The molecule has 1 N–H and O–H groups in total. The van der Waals surface area contributed by atoms with Crippen LogP contribution in [0.2, 0.25) is 0 Å². The lowest BCUT2D eigenvalue weighted by atomic mass is 10.2. The molecule has 0 fully saturated rings. The molecule has 22 heavy (non-hydrogen) atoms. The molecular weight excluding hydrogens is 286 g/mol. The zero-order chi connectivity index (χ0) is 16.5. The smallest absolute Gasteiger partial charge is 0.338 e. The number of rotatable bonds is 8. The third kappa shape index (κ3) is 6.58. The van der Waals surface area contributed by atoms with Gasteiger partial charge < -0.3 is 19.5 Å². The molecule has 6 nitrogen and oxygen atoms in total. The topological polar surface area (TPSA) is 73.9 Å². The second kappa shape index (κ2) is 9.04. The van der Waals surface area contributed by atoms with E-state index in [0.717, 1.165) is 0 Å². The fourth-order valence-electron chi connectivity index (χ4n) is 1.76. The summed E-state index contributed by atoms with van der Waals surface area (Å²) < 4.78 is 15.3. The van der Waals surface area contributed by atoms with E-state index >= 15 is 0 Å². The Kier molecular flexibility index (Phi) is 7.39. The van der Waals surface area contributed by atoms with Crippen LogP contribution in [-0.4, -0.2) is 44.3 Å². The molecule has 0 spiro atoms. The number of hydrogen-bond donors (Lipinski definition) is 1. The molecule has 0 aliphatic carbocycles. The summed E-state index contributed by atoms with van der Waals surface area (Å²) in [5, 5.41) is 2.66. The minimum absolute atomic E-state index is 0.0654. The average Bonchev–Trinajstić information content (AvgIpc) is 2.45. The molecule has 0 aliphatic rings. The van der Waals surface area contributed by atoms with Crippen molar-refractivity contribution in [1.82, 2.24) is 5.32 Å². The first-order valence-corrected chi connectivity index (χ1v) is 7.14. The summed E-state index contributed by atoms with van der Waals surface area (Å²) in [6, 6.07) is 6.45. The van der Waals surface area contributed by atoms with Crippen molar-refractivity contribution in [3.05, 3.63) is 29.8 Å². The molecule has 0 bridgehead atoms. The van der Waals surface area contributed by atoms with Crippen LogP contribution >= 0.6 is 0 Å². The molecular formula is C16H23NO5. The Morgan fingerprint density at radius 1 is 1.14 bits per heavy atom. The highest BCUT2D eigenvalue weighted by Gasteiger charge is 2.12. The Hall–Kier alpha value is -2.08. The number of carbonyl (C=O) groups excluding carboxylic acids is 2. The first-order valence-electron chi connectivity index (χ1n) is 7.14. The molecule has 0 aromatic heterocycles. The van der Waals surface area contributed by atoms with Gasteiger partial charge in [-0.1, -0.05) is 0 Å². The van der Waals surface area contributed by atoms with Crippen molar-refractivity contribution < 1.29 is 23.8 Å². The van der Waals surface area contributed by atoms with Crippen molar-refractivity contribution in [2.45, 2.75) is 32.9 Å². The Morgan fingerprint density at radius 3 is 2.32 bits per heavy atom. The van der Waals surface area contributed by atoms with E-state index in [4.69, 9.17) is 14.2 Å². The lowest BCUT2D eigenvalue weighted by molar-refractivity contribution is -0.125. The summed E-state index contributed by atoms with van der Waals surface area (Å²) in [7, 11) is 1.55. The van der Waals surface area contributed by atoms with Gasteiger partial charge in [-0.25, -0.2) is 4.79 Å². The van der Waals surface area contributed by atoms with E-state index < -0.39 is 5.97 Å². The molecule has 1 amide bonds. The summed E-state index contributed by atoms with van der Waals surface area (Å²) in [5.74, 6) is -0.235. The molecule has 0 radical (unpaired) electrons. The van der Waals surface area contributed by atoms with Gasteiger partial charge in [-0.2, -0.15) is 0 Å². The van der Waals surface area contributed by atoms with E-state index in [1.165, 1.54) is 0 Å². The summed E-state index contributed by atoms with van der Waals surface area (Å²) in [4.78, 5) is 23.4. The minimum Gasteiger partial charge on any atom is -0.491 e. The summed E-state index contributed by atoms with van der Waals surface area (Å²) in [5.41, 5.74) is 0.369. The normalized spacial score (nSPS) is 11.9. The van der Waals surface area contributed by atoms with Crippen LogP contribution in [0, 0.1) is 0 Å². The first kappa shape index (κ1) is 18.0. The summed E-state index contributed by atoms with van der Waals surface area (Å²) >= 11 is 0. The van der Waals surface area contributed by atoms with E-state index in [-0.39, 0.29) is 24.7 Å². The Balaban J connectivity index is 2.43. The van der Waals surface area contributed by atoms with Gasteiger partial charge in [0.25, 0.3) is 5.91 Å². The molecule has 0 saturated carbocycles. The molecule has 0 saturated heterocycles. The monoisotopic (exact) mass is 309 g/mol. The second-order valence-corrected chi connectivity index (χ2v) is 5.19. The molecule has 0 heterocycles. The fraction of sp³-hybridized carbons (Fsp3) is 0.500. The van der Waals surface area contributed by atoms with Crippen molar-refractivity contribution in [2.75, 3.05) is 20.3 Å². The lowest BCUT2D eigenvalue weighted by Crippen LogP contribution is -2.38. The van der Waals surface area contributed by atoms with Gasteiger partial charge >= 0.3 is 5.97 Å². The van der Waals surface area contributed by atoms with Gasteiger partial charge in [0.2, 0.25) is 0 Å². The zero-order valence-electron chi connectivity index (χ0n) is 13.4. The highest BCUT2D eigenvalue weighted by Crippen LogP contribution is 2.14. The predicted octanol–water partition coefficient (Wildman–Crippen LogP) is 1.78. The van der Waals surface area contributed by atoms with Crippen molar-refractivity contribution in [1.29, 1.82) is 0 Å². The maximum atomic E-state index is 11.8. The van der Waals surface area contributed by atoms with Gasteiger partial charge in [-0.3, -0.25) is 4.79 Å². The third-order valence-corrected chi connectivity index (χ3v) is 2.62. The van der Waals surface area contributed by atoms with E-state index in [9.17, 15) is 9.59 Å². The molecule has 0 aliphatic heterocycles. The lowest BCUT2D eigenvalue weighted by Gasteiger charge is -2.13. The number of hydrogen-bond acceptors (Lipinski definition) is 5. The van der Waals surface area contributed by atoms with Crippen LogP contribution in [0.1, 0.15) is 31.1 Å². The molecule has 1 atom stereocenters. The molecule has 1 rings (SSSR count). The Morgan fingerprint density at radius 2 is 1.77 bits per heavy atom. The number of benzene rings is 1. The van der Waals surface area contributed by atoms with Crippen molar-refractivity contribution in [3.63, 3.8) is 0 Å². The molecule has 1 aromatic rings. The van der Waals surface area contributed by atoms with Gasteiger partial charge in [-0.15, -0.1) is 0 Å². The van der Waals surface area contributed by atoms with Gasteiger partial charge in [0.1, 0.15) is 5.75 Å². The van der Waals surface area contributed by atoms with Gasteiger partial charge in [0.05, 0.1) is 18.3 Å². The van der Waals surface area contributed by atoms with Crippen molar-refractivity contribution >= 4 is 11.9 Å². The van der Waals surface area contributed by atoms with Gasteiger partial charge in [-0.05, 0) is 45.0 Å². The van der Waals surface area contributed by atoms with Crippen LogP contribution in [-0.2, 0) is 14.3 Å². The molecule has 0 unspecified atom stereocenters. The molecule has 1 aromatic carbocycles. The van der Waals surface area contributed by atoms with E-state index in [1.54, 1.807) is 38.3 Å². The number of nitrogens with one attached hydrogen (secondary N) is 1. The summed E-state index contributed by atoms with van der Waals surface area (Å²) in [6.45, 7) is 5.72. The molecule has 6 heteroatoms. The Labute approximate surface area is 130 Å². The summed E-state index contributed by atoms with van der Waals surface area (Å²) in [6.07, 6.45) is 0.0654. The first-order chi connectivity index (χ1) is 10.4. The number of methoxy groups -OCH3 is 1. The largest absolute Gasteiger partial charge is 0.491 e. The maximum absolute atomic E-state index is 11.8. The minimum atomic E-state index is -0.550. The predicted molar refractivity (Wildman–Crippen MR) is 82.0 cm³/mol. The fourth-order valence-corrected chi connectivity index (χ4v) is 1.76. The number of carbonyl (C=O) groups is 2. The van der Waals surface area contributed by atoms with E-state index in [2.05, 4.69) is 5.32 Å². The highest BCUT2D eigenvalue weighted by molar-refractivity contribution is 5.91. The highest BCUT2D eigenvalue weighted by atomic mass is 16.5. The van der Waals surface area contributed by atoms with E-state index in [1.807, 2.05) is 13.8 Å². The van der Waals surface area contributed by atoms with Crippen LogP contribution in [0.25, 0.3) is 0 Å². The van der Waals surface area contributed by atoms with Crippen LogP contribution < -0.4 is 10.1 Å². The van der Waals surface area contributed by atoms with Crippen LogP contribution in [0.5, 0.6) is 5.75 Å². The third-order valence-electron chi connectivity index (χ3n) is 2.62. The standard InChI is InChI=1S/C16H23NO5/c1-11(2)22-14-7-5-13(6-8-14)16(19)21-10-15(18)17-12(3)9-20-4/h5-8,11-12H,9-10H2,1-4H3,(H,17,18)/t12-/m1/s1. The number of esters is 1. The number of ether oxygens (including phenoxy) is 3. The van der Waals surface area contributed by atoms with E-state index in [0.29, 0.717) is 17.9 Å². The molecule has 122 valence electrons. The van der Waals surface area contributed by atoms with Crippen molar-refractivity contribution in [2.24, 2.45) is 0 Å². The Bertz CT molecular complexity index is 484. The maximum Gasteiger partial charge on any atom is 0.338 e.